The number of ether oxygens (including phenoxy) is 2. The molecule has 0 aromatic rings. The van der Waals surface area contributed by atoms with Crippen LogP contribution in [0.15, 0.2) is 4.99 Å². The lowest BCUT2D eigenvalue weighted by atomic mass is 10.2. The van der Waals surface area contributed by atoms with Gasteiger partial charge in [-0.15, -0.1) is 24.0 Å². The van der Waals surface area contributed by atoms with Crippen LogP contribution in [0.25, 0.3) is 0 Å². The molecule has 130 valence electrons. The summed E-state index contributed by atoms with van der Waals surface area (Å²) in [5.74, 6) is 0.962. The quantitative estimate of drug-likeness (QED) is 0.272. The maximum atomic E-state index is 5.66. The minimum atomic E-state index is 0. The summed E-state index contributed by atoms with van der Waals surface area (Å²) in [7, 11) is 0. The van der Waals surface area contributed by atoms with Gasteiger partial charge in [0, 0.05) is 32.3 Å². The molecule has 1 heterocycles. The van der Waals surface area contributed by atoms with E-state index in [4.69, 9.17) is 9.47 Å². The van der Waals surface area contributed by atoms with E-state index in [2.05, 4.69) is 22.5 Å². The van der Waals surface area contributed by atoms with Crippen LogP contribution in [-0.4, -0.2) is 51.0 Å². The molecule has 2 rings (SSSR count). The fourth-order valence-corrected chi connectivity index (χ4v) is 2.93. The number of nitrogens with zero attached hydrogens (tertiary/aromatic N) is 1. The van der Waals surface area contributed by atoms with Crippen LogP contribution < -0.4 is 10.6 Å². The molecule has 1 aliphatic carbocycles. The molecule has 22 heavy (non-hydrogen) atoms. The van der Waals surface area contributed by atoms with Crippen LogP contribution in [-0.2, 0) is 9.47 Å². The van der Waals surface area contributed by atoms with Crippen molar-refractivity contribution in [3.63, 3.8) is 0 Å². The number of halogens is 1. The Hall–Kier alpha value is -0.0800. The summed E-state index contributed by atoms with van der Waals surface area (Å²) in [6, 6.07) is 0.610. The van der Waals surface area contributed by atoms with Gasteiger partial charge < -0.3 is 20.1 Å². The van der Waals surface area contributed by atoms with Crippen LogP contribution >= 0.6 is 24.0 Å². The van der Waals surface area contributed by atoms with E-state index in [0.29, 0.717) is 12.1 Å². The first kappa shape index (κ1) is 20.0. The summed E-state index contributed by atoms with van der Waals surface area (Å²) in [6.45, 7) is 6.24. The summed E-state index contributed by atoms with van der Waals surface area (Å²) in [4.78, 5) is 4.63. The molecule has 0 radical (unpaired) electrons. The second kappa shape index (κ2) is 12.4. The fraction of sp³-hybridized carbons (Fsp3) is 0.938. The Morgan fingerprint density at radius 2 is 2.05 bits per heavy atom. The van der Waals surface area contributed by atoms with Gasteiger partial charge in [-0.2, -0.15) is 0 Å². The van der Waals surface area contributed by atoms with Gasteiger partial charge in [-0.05, 0) is 39.0 Å². The molecule has 1 atom stereocenters. The SMILES string of the molecule is CCNC(=NCCCOCC1CCCO1)NC1CCCC1.I. The van der Waals surface area contributed by atoms with E-state index < -0.39 is 0 Å². The summed E-state index contributed by atoms with van der Waals surface area (Å²) in [5, 5.41) is 6.85. The normalized spacial score (nSPS) is 22.6. The first-order chi connectivity index (χ1) is 10.4. The Kier molecular flexibility index (Phi) is 11.2. The number of hydrogen-bond donors (Lipinski definition) is 2. The second-order valence-corrected chi connectivity index (χ2v) is 5.95. The minimum Gasteiger partial charge on any atom is -0.379 e. The maximum absolute atomic E-state index is 5.66. The van der Waals surface area contributed by atoms with Crippen LogP contribution in [0.2, 0.25) is 0 Å². The molecular weight excluding hydrogens is 393 g/mol. The van der Waals surface area contributed by atoms with Gasteiger partial charge in [0.15, 0.2) is 5.96 Å². The van der Waals surface area contributed by atoms with Gasteiger partial charge in [0.25, 0.3) is 0 Å². The molecule has 5 nitrogen and oxygen atoms in total. The van der Waals surface area contributed by atoms with Gasteiger partial charge in [0.05, 0.1) is 12.7 Å². The first-order valence-electron chi connectivity index (χ1n) is 8.62. The standard InChI is InChI=1S/C16H31N3O2.HI/c1-2-17-16(19-14-7-3-4-8-14)18-10-6-11-20-13-15-9-5-12-21-15;/h14-15H,2-13H2,1H3,(H2,17,18,19);1H. The van der Waals surface area contributed by atoms with Crippen molar-refractivity contribution in [2.45, 2.75) is 64.0 Å². The summed E-state index contributed by atoms with van der Waals surface area (Å²) in [5.41, 5.74) is 0. The molecule has 2 fully saturated rings. The summed E-state index contributed by atoms with van der Waals surface area (Å²) >= 11 is 0. The lowest BCUT2D eigenvalue weighted by molar-refractivity contribution is 0.0171. The number of nitrogens with one attached hydrogen (secondary N) is 2. The Bertz CT molecular complexity index is 304. The smallest absolute Gasteiger partial charge is 0.191 e. The molecule has 0 aromatic carbocycles. The van der Waals surface area contributed by atoms with Gasteiger partial charge >= 0.3 is 0 Å². The van der Waals surface area contributed by atoms with Gasteiger partial charge in [-0.3, -0.25) is 4.99 Å². The zero-order valence-corrected chi connectivity index (χ0v) is 16.1. The molecule has 0 aromatic heterocycles. The summed E-state index contributed by atoms with van der Waals surface area (Å²) < 4.78 is 11.2. The average Bonchev–Trinajstić information content (AvgIpc) is 3.16. The van der Waals surface area contributed by atoms with Crippen LogP contribution in [0.4, 0.5) is 0 Å². The van der Waals surface area contributed by atoms with E-state index >= 15 is 0 Å². The van der Waals surface area contributed by atoms with E-state index in [0.717, 1.165) is 51.7 Å². The highest BCUT2D eigenvalue weighted by molar-refractivity contribution is 14.0. The maximum Gasteiger partial charge on any atom is 0.191 e. The lowest BCUT2D eigenvalue weighted by Crippen LogP contribution is -2.42. The molecule has 0 bridgehead atoms. The molecule has 0 spiro atoms. The van der Waals surface area contributed by atoms with Crippen molar-refractivity contribution in [1.29, 1.82) is 0 Å². The Morgan fingerprint density at radius 3 is 2.73 bits per heavy atom. The van der Waals surface area contributed by atoms with Gasteiger partial charge in [0.2, 0.25) is 0 Å². The van der Waals surface area contributed by atoms with Crippen molar-refractivity contribution in [3.05, 3.63) is 0 Å². The topological polar surface area (TPSA) is 54.9 Å². The third kappa shape index (κ3) is 7.97. The average molecular weight is 425 g/mol. The zero-order chi connectivity index (χ0) is 14.8. The highest BCUT2D eigenvalue weighted by atomic mass is 127. The van der Waals surface area contributed by atoms with Crippen molar-refractivity contribution in [3.8, 4) is 0 Å². The van der Waals surface area contributed by atoms with Gasteiger partial charge in [-0.25, -0.2) is 0 Å². The molecule has 6 heteroatoms. The molecule has 2 N–H and O–H groups in total. The molecule has 1 unspecified atom stereocenters. The molecule has 2 aliphatic rings. The third-order valence-electron chi connectivity index (χ3n) is 4.08. The lowest BCUT2D eigenvalue weighted by Gasteiger charge is -2.16. The number of rotatable bonds is 8. The predicted molar refractivity (Wildman–Crippen MR) is 101 cm³/mol. The van der Waals surface area contributed by atoms with Crippen molar-refractivity contribution in [2.24, 2.45) is 4.99 Å². The van der Waals surface area contributed by atoms with Crippen LogP contribution in [0, 0.1) is 0 Å². The first-order valence-corrected chi connectivity index (χ1v) is 8.62. The number of guanidine groups is 1. The highest BCUT2D eigenvalue weighted by Crippen LogP contribution is 2.17. The molecular formula is C16H32IN3O2. The minimum absolute atomic E-state index is 0. The van der Waals surface area contributed by atoms with Gasteiger partial charge in [0.1, 0.15) is 0 Å². The van der Waals surface area contributed by atoms with E-state index in [9.17, 15) is 0 Å². The third-order valence-corrected chi connectivity index (χ3v) is 4.08. The van der Waals surface area contributed by atoms with Crippen molar-refractivity contribution in [1.82, 2.24) is 10.6 Å². The molecule has 0 amide bonds. The van der Waals surface area contributed by atoms with E-state index in [1.165, 1.54) is 32.1 Å². The summed E-state index contributed by atoms with van der Waals surface area (Å²) in [6.07, 6.45) is 8.85. The fourth-order valence-electron chi connectivity index (χ4n) is 2.93. The molecule has 1 saturated carbocycles. The number of aliphatic imine (C=N–C) groups is 1. The zero-order valence-electron chi connectivity index (χ0n) is 13.8. The molecule has 1 saturated heterocycles. The van der Waals surface area contributed by atoms with Crippen molar-refractivity contribution >= 4 is 29.9 Å². The highest BCUT2D eigenvalue weighted by Gasteiger charge is 2.16. The largest absolute Gasteiger partial charge is 0.379 e. The second-order valence-electron chi connectivity index (χ2n) is 5.95. The van der Waals surface area contributed by atoms with E-state index in [1.54, 1.807) is 0 Å². The monoisotopic (exact) mass is 425 g/mol. The van der Waals surface area contributed by atoms with Crippen LogP contribution in [0.1, 0.15) is 51.9 Å². The van der Waals surface area contributed by atoms with Crippen molar-refractivity contribution in [2.75, 3.05) is 32.9 Å². The van der Waals surface area contributed by atoms with E-state index in [1.807, 2.05) is 0 Å². The van der Waals surface area contributed by atoms with Crippen LogP contribution in [0.5, 0.6) is 0 Å². The predicted octanol–water partition coefficient (Wildman–Crippen LogP) is 2.69. The number of hydrogen-bond acceptors (Lipinski definition) is 3. The van der Waals surface area contributed by atoms with E-state index in [-0.39, 0.29) is 24.0 Å². The van der Waals surface area contributed by atoms with Crippen LogP contribution in [0.3, 0.4) is 0 Å². The Labute approximate surface area is 152 Å². The Morgan fingerprint density at radius 1 is 1.23 bits per heavy atom. The van der Waals surface area contributed by atoms with Crippen molar-refractivity contribution < 1.29 is 9.47 Å². The van der Waals surface area contributed by atoms with Gasteiger partial charge in [-0.1, -0.05) is 12.8 Å². The molecule has 1 aliphatic heterocycles. The Balaban J connectivity index is 0.00000242.